The minimum atomic E-state index is -1.34. The van der Waals surface area contributed by atoms with Crippen LogP contribution in [0.2, 0.25) is 0 Å². The second-order valence-electron chi connectivity index (χ2n) is 7.57. The van der Waals surface area contributed by atoms with Gasteiger partial charge in [0.25, 0.3) is 0 Å². The fraction of sp³-hybridized carbons (Fsp3) is 0.381. The summed E-state index contributed by atoms with van der Waals surface area (Å²) in [4.78, 5) is 12.7. The van der Waals surface area contributed by atoms with Crippen molar-refractivity contribution in [1.82, 2.24) is 0 Å². The molecule has 5 nitrogen and oxygen atoms in total. The van der Waals surface area contributed by atoms with Crippen LogP contribution in [0.1, 0.15) is 63.9 Å². The van der Waals surface area contributed by atoms with Crippen molar-refractivity contribution in [2.24, 2.45) is 5.92 Å². The maximum Gasteiger partial charge on any atom is 0.167 e. The van der Waals surface area contributed by atoms with Crippen LogP contribution in [-0.4, -0.2) is 28.2 Å². The van der Waals surface area contributed by atoms with E-state index in [2.05, 4.69) is 0 Å². The summed E-state index contributed by atoms with van der Waals surface area (Å²) in [7, 11) is 1.62. The Bertz CT molecular complexity index is 950. The van der Waals surface area contributed by atoms with Crippen LogP contribution in [0.5, 0.6) is 11.5 Å². The number of ether oxygens (including phenoxy) is 1. The van der Waals surface area contributed by atoms with Crippen molar-refractivity contribution in [3.8, 4) is 11.5 Å². The Hall–Kier alpha value is -2.37. The van der Waals surface area contributed by atoms with Gasteiger partial charge in [-0.05, 0) is 42.0 Å². The van der Waals surface area contributed by atoms with Crippen molar-refractivity contribution < 1.29 is 24.9 Å². The van der Waals surface area contributed by atoms with Crippen LogP contribution < -0.4 is 0 Å². The number of Topliss-reactive ketones (excluding diaryl/α,β-unsaturated/α-hetero) is 1. The molecule has 2 aromatic rings. The fourth-order valence-electron chi connectivity index (χ4n) is 5.53. The molecule has 0 aromatic heterocycles. The molecular weight excluding hydrogens is 332 g/mol. The van der Waals surface area contributed by atoms with Crippen molar-refractivity contribution in [1.29, 1.82) is 0 Å². The summed E-state index contributed by atoms with van der Waals surface area (Å²) in [5, 5.41) is 32.6. The smallest absolute Gasteiger partial charge is 0.167 e. The highest BCUT2D eigenvalue weighted by Crippen LogP contribution is 2.63. The van der Waals surface area contributed by atoms with Gasteiger partial charge in [-0.2, -0.15) is 0 Å². The van der Waals surface area contributed by atoms with Gasteiger partial charge in [0.1, 0.15) is 17.1 Å². The summed E-state index contributed by atoms with van der Waals surface area (Å²) in [6.07, 6.45) is 1.48. The van der Waals surface area contributed by atoms with Crippen molar-refractivity contribution in [2.75, 3.05) is 7.11 Å². The molecule has 0 amide bonds. The number of hydrogen-bond acceptors (Lipinski definition) is 5. The molecule has 0 fully saturated rings. The number of ketones is 1. The minimum Gasteiger partial charge on any atom is -0.508 e. The molecule has 3 aliphatic carbocycles. The van der Waals surface area contributed by atoms with Crippen LogP contribution in [0.15, 0.2) is 30.3 Å². The zero-order valence-electron chi connectivity index (χ0n) is 14.4. The quantitative estimate of drug-likeness (QED) is 0.734. The zero-order valence-corrected chi connectivity index (χ0v) is 14.4. The largest absolute Gasteiger partial charge is 0.508 e. The van der Waals surface area contributed by atoms with E-state index in [1.54, 1.807) is 31.4 Å². The van der Waals surface area contributed by atoms with Gasteiger partial charge in [-0.15, -0.1) is 0 Å². The molecule has 0 aliphatic heterocycles. The third-order valence-electron chi connectivity index (χ3n) is 6.55. The molecule has 0 saturated heterocycles. The van der Waals surface area contributed by atoms with Crippen LogP contribution in [0.25, 0.3) is 0 Å². The minimum absolute atomic E-state index is 0.0112. The van der Waals surface area contributed by atoms with Crippen molar-refractivity contribution in [2.45, 2.75) is 36.9 Å². The first kappa shape index (κ1) is 15.9. The van der Waals surface area contributed by atoms with E-state index in [9.17, 15) is 20.1 Å². The van der Waals surface area contributed by atoms with Crippen LogP contribution >= 0.6 is 0 Å². The Morgan fingerprint density at radius 3 is 2.62 bits per heavy atom. The van der Waals surface area contributed by atoms with E-state index in [0.717, 1.165) is 29.5 Å². The Kier molecular flexibility index (Phi) is 3.10. The molecule has 26 heavy (non-hydrogen) atoms. The maximum atomic E-state index is 12.7. The lowest BCUT2D eigenvalue weighted by Gasteiger charge is -2.39. The van der Waals surface area contributed by atoms with Crippen molar-refractivity contribution >= 4 is 5.78 Å². The number of carbonyl (C=O) groups excluding carboxylic acids is 1. The molecule has 134 valence electrons. The summed E-state index contributed by atoms with van der Waals surface area (Å²) in [6.45, 7) is 0. The summed E-state index contributed by atoms with van der Waals surface area (Å²) in [5.41, 5.74) is 1.72. The molecule has 5 rings (SSSR count). The lowest BCUT2D eigenvalue weighted by Crippen LogP contribution is -2.40. The lowest BCUT2D eigenvalue weighted by molar-refractivity contribution is 0.00455. The highest BCUT2D eigenvalue weighted by atomic mass is 16.5. The molecule has 3 aliphatic rings. The van der Waals surface area contributed by atoms with Gasteiger partial charge in [-0.3, -0.25) is 4.79 Å². The molecule has 0 saturated carbocycles. The monoisotopic (exact) mass is 352 g/mol. The fourth-order valence-corrected chi connectivity index (χ4v) is 5.53. The van der Waals surface area contributed by atoms with Crippen molar-refractivity contribution in [3.63, 3.8) is 0 Å². The summed E-state index contributed by atoms with van der Waals surface area (Å²) in [5.74, 6) is -0.362. The maximum absolute atomic E-state index is 12.7. The Morgan fingerprint density at radius 1 is 1.04 bits per heavy atom. The first-order chi connectivity index (χ1) is 12.5. The number of aromatic hydroxyl groups is 2. The molecule has 0 bridgehead atoms. The van der Waals surface area contributed by atoms with E-state index in [1.165, 1.54) is 6.07 Å². The second kappa shape index (κ2) is 5.09. The normalized spacial score (nSPS) is 31.3. The summed E-state index contributed by atoms with van der Waals surface area (Å²) in [6, 6.07) is 8.22. The number of phenols is 2. The predicted octanol–water partition coefficient (Wildman–Crippen LogP) is 3.11. The van der Waals surface area contributed by atoms with Gasteiger partial charge in [0.2, 0.25) is 0 Å². The molecule has 0 heterocycles. The average Bonchev–Trinajstić information content (AvgIpc) is 2.88. The number of hydrogen-bond donors (Lipinski definition) is 3. The van der Waals surface area contributed by atoms with Gasteiger partial charge in [0, 0.05) is 30.6 Å². The summed E-state index contributed by atoms with van der Waals surface area (Å²) < 4.78 is 5.58. The standard InChI is InChI=1S/C21H20O5/c1-26-17-8-5-10-13-9-16(24)19-11(3-2-4-14(19)22)21(13,25)12-6-7-15(23)20(17)18(10)12/h2-4,6-7,10,13,17,22-23,25H,5,8-9H2,1H3. The van der Waals surface area contributed by atoms with Crippen molar-refractivity contribution in [3.05, 3.63) is 58.1 Å². The van der Waals surface area contributed by atoms with Gasteiger partial charge in [0.05, 0.1) is 11.7 Å². The number of carbonyl (C=O) groups is 1. The molecule has 4 atom stereocenters. The first-order valence-corrected chi connectivity index (χ1v) is 8.95. The van der Waals surface area contributed by atoms with Crippen LogP contribution in [0, 0.1) is 5.92 Å². The topological polar surface area (TPSA) is 87.0 Å². The van der Waals surface area contributed by atoms with Gasteiger partial charge >= 0.3 is 0 Å². The van der Waals surface area contributed by atoms with Crippen LogP contribution in [0.4, 0.5) is 0 Å². The first-order valence-electron chi connectivity index (χ1n) is 8.95. The molecule has 0 radical (unpaired) electrons. The van der Waals surface area contributed by atoms with E-state index < -0.39 is 5.60 Å². The molecular formula is C21H20O5. The Morgan fingerprint density at radius 2 is 1.85 bits per heavy atom. The van der Waals surface area contributed by atoms with E-state index in [-0.39, 0.29) is 47.2 Å². The van der Waals surface area contributed by atoms with E-state index in [0.29, 0.717) is 5.56 Å². The van der Waals surface area contributed by atoms with E-state index in [4.69, 9.17) is 4.74 Å². The third-order valence-corrected chi connectivity index (χ3v) is 6.55. The number of methoxy groups -OCH3 is 1. The van der Waals surface area contributed by atoms with Gasteiger partial charge in [-0.1, -0.05) is 18.2 Å². The lowest BCUT2D eigenvalue weighted by atomic mass is 9.67. The molecule has 2 aromatic carbocycles. The van der Waals surface area contributed by atoms with E-state index in [1.807, 2.05) is 0 Å². The van der Waals surface area contributed by atoms with E-state index >= 15 is 0 Å². The zero-order chi connectivity index (χ0) is 18.2. The molecule has 0 spiro atoms. The van der Waals surface area contributed by atoms with Gasteiger partial charge in [0.15, 0.2) is 5.78 Å². The van der Waals surface area contributed by atoms with Crippen LogP contribution in [0.3, 0.4) is 0 Å². The van der Waals surface area contributed by atoms with Gasteiger partial charge in [-0.25, -0.2) is 0 Å². The second-order valence-corrected chi connectivity index (χ2v) is 7.57. The third kappa shape index (κ3) is 1.70. The number of fused-ring (bicyclic) bond motifs is 5. The predicted molar refractivity (Wildman–Crippen MR) is 93.4 cm³/mol. The SMILES string of the molecule is COC1CCC2c3c(ccc(O)c31)C1(O)c3cccc(O)c3C(=O)CC21. The summed E-state index contributed by atoms with van der Waals surface area (Å²) >= 11 is 0. The Balaban J connectivity index is 1.84. The highest BCUT2D eigenvalue weighted by Gasteiger charge is 2.58. The number of phenolic OH excluding ortho intramolecular Hbond substituents is 2. The average molecular weight is 352 g/mol. The van der Waals surface area contributed by atoms with Crippen LogP contribution in [-0.2, 0) is 10.3 Å². The molecule has 4 unspecified atom stereocenters. The van der Waals surface area contributed by atoms with Gasteiger partial charge < -0.3 is 20.1 Å². The highest BCUT2D eigenvalue weighted by molar-refractivity contribution is 6.02. The number of rotatable bonds is 1. The molecule has 3 N–H and O–H groups in total. The number of aliphatic hydroxyl groups is 1. The molecule has 5 heteroatoms. The number of benzene rings is 2. The Labute approximate surface area is 150 Å².